The molecule has 1 aliphatic carbocycles. The van der Waals surface area contributed by atoms with Crippen LogP contribution in [0.2, 0.25) is 10.0 Å². The van der Waals surface area contributed by atoms with E-state index in [0.717, 1.165) is 36.8 Å². The molecule has 0 spiro atoms. The average molecular weight is 433 g/mol. The Morgan fingerprint density at radius 2 is 1.83 bits per heavy atom. The number of benzene rings is 2. The van der Waals surface area contributed by atoms with Gasteiger partial charge in [0.05, 0.1) is 6.42 Å². The third-order valence-corrected chi connectivity index (χ3v) is 6.01. The maximum Gasteiger partial charge on any atom is 0.242 e. The minimum atomic E-state index is -0.593. The average Bonchev–Trinajstić information content (AvgIpc) is 3.20. The predicted octanol–water partition coefficient (Wildman–Crippen LogP) is 5.01. The molecule has 1 aliphatic rings. The fourth-order valence-corrected chi connectivity index (χ4v) is 4.13. The second-order valence-electron chi connectivity index (χ2n) is 7.59. The fourth-order valence-electron chi connectivity index (χ4n) is 3.71. The SMILES string of the molecule is C[C@@H](C(=O)NC1CCCC1)N(Cc1cccc(Cl)c1)C(=O)Cc1ccccc1Cl. The largest absolute Gasteiger partial charge is 0.352 e. The van der Waals surface area contributed by atoms with E-state index in [-0.39, 0.29) is 24.3 Å². The summed E-state index contributed by atoms with van der Waals surface area (Å²) in [6.45, 7) is 2.09. The first kappa shape index (κ1) is 21.7. The molecule has 0 bridgehead atoms. The van der Waals surface area contributed by atoms with E-state index in [1.54, 1.807) is 24.0 Å². The van der Waals surface area contributed by atoms with Gasteiger partial charge in [0.2, 0.25) is 11.8 Å². The molecule has 0 aromatic heterocycles. The summed E-state index contributed by atoms with van der Waals surface area (Å²) in [6.07, 6.45) is 4.41. The van der Waals surface area contributed by atoms with Gasteiger partial charge < -0.3 is 10.2 Å². The van der Waals surface area contributed by atoms with Crippen LogP contribution in [0.3, 0.4) is 0 Å². The van der Waals surface area contributed by atoms with Gasteiger partial charge in [-0.15, -0.1) is 0 Å². The number of hydrogen-bond donors (Lipinski definition) is 1. The fraction of sp³-hybridized carbons (Fsp3) is 0.391. The molecule has 4 nitrogen and oxygen atoms in total. The molecule has 6 heteroatoms. The minimum Gasteiger partial charge on any atom is -0.352 e. The molecule has 2 aromatic rings. The zero-order valence-corrected chi connectivity index (χ0v) is 18.0. The Kier molecular flexibility index (Phi) is 7.57. The Labute approximate surface area is 182 Å². The van der Waals surface area contributed by atoms with Crippen LogP contribution in [0.25, 0.3) is 0 Å². The molecular weight excluding hydrogens is 407 g/mol. The smallest absolute Gasteiger partial charge is 0.242 e. The lowest BCUT2D eigenvalue weighted by molar-refractivity contribution is -0.140. The summed E-state index contributed by atoms with van der Waals surface area (Å²) in [7, 11) is 0. The summed E-state index contributed by atoms with van der Waals surface area (Å²) >= 11 is 12.4. The van der Waals surface area contributed by atoms with Crippen LogP contribution >= 0.6 is 23.2 Å². The van der Waals surface area contributed by atoms with Crippen LogP contribution in [0, 0.1) is 0 Å². The molecule has 0 saturated heterocycles. The molecule has 1 fully saturated rings. The second kappa shape index (κ2) is 10.1. The highest BCUT2D eigenvalue weighted by Gasteiger charge is 2.28. The third kappa shape index (κ3) is 5.97. The Bertz CT molecular complexity index is 865. The van der Waals surface area contributed by atoms with E-state index in [9.17, 15) is 9.59 Å². The van der Waals surface area contributed by atoms with E-state index in [2.05, 4.69) is 5.32 Å². The van der Waals surface area contributed by atoms with Crippen molar-refractivity contribution in [2.24, 2.45) is 0 Å². The van der Waals surface area contributed by atoms with Gasteiger partial charge >= 0.3 is 0 Å². The molecule has 1 N–H and O–H groups in total. The Morgan fingerprint density at radius 1 is 1.10 bits per heavy atom. The van der Waals surface area contributed by atoms with Crippen molar-refractivity contribution in [3.63, 3.8) is 0 Å². The van der Waals surface area contributed by atoms with Crippen molar-refractivity contribution in [1.29, 1.82) is 0 Å². The van der Waals surface area contributed by atoms with Gasteiger partial charge in [-0.1, -0.05) is 66.4 Å². The highest BCUT2D eigenvalue weighted by Crippen LogP contribution is 2.21. The molecule has 0 heterocycles. The molecule has 1 atom stereocenters. The molecule has 154 valence electrons. The van der Waals surface area contributed by atoms with Crippen LogP contribution in [-0.2, 0) is 22.6 Å². The van der Waals surface area contributed by atoms with Crippen LogP contribution < -0.4 is 5.32 Å². The molecule has 1 saturated carbocycles. The van der Waals surface area contributed by atoms with Crippen molar-refractivity contribution in [2.45, 2.75) is 57.7 Å². The maximum atomic E-state index is 13.2. The van der Waals surface area contributed by atoms with Crippen molar-refractivity contribution in [1.82, 2.24) is 10.2 Å². The highest BCUT2D eigenvalue weighted by molar-refractivity contribution is 6.31. The molecule has 0 aliphatic heterocycles. The maximum absolute atomic E-state index is 13.2. The van der Waals surface area contributed by atoms with Crippen molar-refractivity contribution < 1.29 is 9.59 Å². The standard InChI is InChI=1S/C23H26Cl2N2O2/c1-16(23(29)26-20-10-3-4-11-20)27(15-17-7-6-9-19(24)13-17)22(28)14-18-8-2-5-12-21(18)25/h2,5-9,12-13,16,20H,3-4,10-11,14-15H2,1H3,(H,26,29)/t16-/m0/s1. The van der Waals surface area contributed by atoms with Crippen LogP contribution in [0.1, 0.15) is 43.7 Å². The van der Waals surface area contributed by atoms with E-state index in [0.29, 0.717) is 16.6 Å². The predicted molar refractivity (Wildman–Crippen MR) is 117 cm³/mol. The number of hydrogen-bond acceptors (Lipinski definition) is 2. The van der Waals surface area contributed by atoms with Crippen molar-refractivity contribution in [3.05, 3.63) is 69.7 Å². The third-order valence-electron chi connectivity index (χ3n) is 5.41. The lowest BCUT2D eigenvalue weighted by Gasteiger charge is -2.30. The summed E-state index contributed by atoms with van der Waals surface area (Å²) in [5.41, 5.74) is 1.63. The normalized spacial score (nSPS) is 15.1. The summed E-state index contributed by atoms with van der Waals surface area (Å²) < 4.78 is 0. The molecule has 2 aromatic carbocycles. The van der Waals surface area contributed by atoms with Gasteiger partial charge in [0, 0.05) is 22.6 Å². The van der Waals surface area contributed by atoms with Crippen molar-refractivity contribution in [2.75, 3.05) is 0 Å². The first-order valence-electron chi connectivity index (χ1n) is 10.0. The van der Waals surface area contributed by atoms with Crippen LogP contribution in [0.4, 0.5) is 0 Å². The van der Waals surface area contributed by atoms with Gasteiger partial charge in [-0.2, -0.15) is 0 Å². The quantitative estimate of drug-likeness (QED) is 0.667. The Morgan fingerprint density at radius 3 is 2.52 bits per heavy atom. The summed E-state index contributed by atoms with van der Waals surface area (Å²) in [4.78, 5) is 27.7. The minimum absolute atomic E-state index is 0.119. The van der Waals surface area contributed by atoms with E-state index < -0.39 is 6.04 Å². The topological polar surface area (TPSA) is 49.4 Å². The number of halogens is 2. The van der Waals surface area contributed by atoms with Crippen LogP contribution in [0.5, 0.6) is 0 Å². The summed E-state index contributed by atoms with van der Waals surface area (Å²) in [5.74, 6) is -0.265. The van der Waals surface area contributed by atoms with Crippen LogP contribution in [0.15, 0.2) is 48.5 Å². The number of carbonyl (C=O) groups is 2. The van der Waals surface area contributed by atoms with Crippen molar-refractivity contribution in [3.8, 4) is 0 Å². The Balaban J connectivity index is 1.78. The number of amides is 2. The molecule has 3 rings (SSSR count). The van der Waals surface area contributed by atoms with E-state index in [4.69, 9.17) is 23.2 Å². The first-order valence-corrected chi connectivity index (χ1v) is 10.8. The highest BCUT2D eigenvalue weighted by atomic mass is 35.5. The monoisotopic (exact) mass is 432 g/mol. The lowest BCUT2D eigenvalue weighted by Crippen LogP contribution is -2.50. The van der Waals surface area contributed by atoms with Gasteiger partial charge in [-0.05, 0) is 49.1 Å². The summed E-state index contributed by atoms with van der Waals surface area (Å²) in [5, 5.41) is 4.25. The zero-order chi connectivity index (χ0) is 20.8. The second-order valence-corrected chi connectivity index (χ2v) is 8.43. The van der Waals surface area contributed by atoms with Gasteiger partial charge in [-0.25, -0.2) is 0 Å². The number of carbonyl (C=O) groups excluding carboxylic acids is 2. The van der Waals surface area contributed by atoms with Crippen LogP contribution in [-0.4, -0.2) is 28.8 Å². The van der Waals surface area contributed by atoms with Gasteiger partial charge in [0.15, 0.2) is 0 Å². The molecule has 0 unspecified atom stereocenters. The Hall–Kier alpha value is -2.04. The zero-order valence-electron chi connectivity index (χ0n) is 16.5. The van der Waals surface area contributed by atoms with Gasteiger partial charge in [0.1, 0.15) is 6.04 Å². The molecule has 2 amide bonds. The van der Waals surface area contributed by atoms with E-state index >= 15 is 0 Å². The van der Waals surface area contributed by atoms with Gasteiger partial charge in [0.25, 0.3) is 0 Å². The van der Waals surface area contributed by atoms with Gasteiger partial charge in [-0.3, -0.25) is 9.59 Å². The van der Waals surface area contributed by atoms with E-state index in [1.165, 1.54) is 0 Å². The van der Waals surface area contributed by atoms with E-state index in [1.807, 2.05) is 36.4 Å². The van der Waals surface area contributed by atoms with Crippen molar-refractivity contribution >= 4 is 35.0 Å². The first-order chi connectivity index (χ1) is 13.9. The lowest BCUT2D eigenvalue weighted by atomic mass is 10.1. The number of nitrogens with zero attached hydrogens (tertiary/aromatic N) is 1. The molecule has 0 radical (unpaired) electrons. The molecular formula is C23H26Cl2N2O2. The number of rotatable bonds is 7. The number of nitrogens with one attached hydrogen (secondary N) is 1. The summed E-state index contributed by atoms with van der Waals surface area (Å²) in [6, 6.07) is 14.3. The molecule has 29 heavy (non-hydrogen) atoms.